The van der Waals surface area contributed by atoms with Crippen molar-refractivity contribution in [3.8, 4) is 51.4 Å². The molecule has 0 amide bonds. The number of aromatic nitrogens is 4. The zero-order valence-corrected chi connectivity index (χ0v) is 27.7. The summed E-state index contributed by atoms with van der Waals surface area (Å²) in [5.74, 6) is 4.04. The number of benzene rings is 4. The Kier molecular flexibility index (Phi) is 9.08. The zero-order chi connectivity index (χ0) is 30.8. The maximum absolute atomic E-state index is 6.32. The minimum Gasteiger partial charge on any atom is -0.509 e. The summed E-state index contributed by atoms with van der Waals surface area (Å²) in [6.45, 7) is 5.02. The Morgan fingerprint density at radius 1 is 0.783 bits per heavy atom. The van der Waals surface area contributed by atoms with Crippen molar-refractivity contribution in [1.82, 2.24) is 19.3 Å². The van der Waals surface area contributed by atoms with Crippen LogP contribution in [0.4, 0.5) is 0 Å². The van der Waals surface area contributed by atoms with Gasteiger partial charge < -0.3 is 23.5 Å². The second-order valence-corrected chi connectivity index (χ2v) is 10.2. The van der Waals surface area contributed by atoms with Crippen LogP contribution in [-0.2, 0) is 21.1 Å². The predicted octanol–water partition coefficient (Wildman–Crippen LogP) is 8.23. The Morgan fingerprint density at radius 3 is 2.33 bits per heavy atom. The first-order chi connectivity index (χ1) is 22.2. The molecular formula is C37H30N4O4Pt. The van der Waals surface area contributed by atoms with E-state index in [-0.39, 0.29) is 21.1 Å². The number of ether oxygens (including phenoxy) is 4. The fourth-order valence-electron chi connectivity index (χ4n) is 5.50. The third kappa shape index (κ3) is 5.84. The molecule has 0 atom stereocenters. The quantitative estimate of drug-likeness (QED) is 0.130. The fraction of sp³-hybridized carbons (Fsp3) is 0.135. The SMILES string of the molecule is CCOc1cccc(OCC)c1-c1cnn(-c2[c-]c(Oc3[c-]c4c(cc3)c3ccccc3n4-c3cc(OC)ccn3)ccc2)c1.[Pt+2]. The van der Waals surface area contributed by atoms with Gasteiger partial charge in [0.05, 0.1) is 32.1 Å². The van der Waals surface area contributed by atoms with Gasteiger partial charge in [-0.15, -0.1) is 35.7 Å². The van der Waals surface area contributed by atoms with Gasteiger partial charge in [-0.3, -0.25) is 4.68 Å². The van der Waals surface area contributed by atoms with E-state index in [0.717, 1.165) is 61.7 Å². The molecule has 0 aliphatic carbocycles. The molecule has 0 aliphatic heterocycles. The molecule has 7 rings (SSSR count). The van der Waals surface area contributed by atoms with Gasteiger partial charge in [-0.05, 0) is 49.2 Å². The van der Waals surface area contributed by atoms with E-state index < -0.39 is 0 Å². The van der Waals surface area contributed by atoms with E-state index in [9.17, 15) is 0 Å². The predicted molar refractivity (Wildman–Crippen MR) is 174 cm³/mol. The average Bonchev–Trinajstić information content (AvgIpc) is 3.69. The molecule has 46 heavy (non-hydrogen) atoms. The maximum Gasteiger partial charge on any atom is 2.00 e. The van der Waals surface area contributed by atoms with E-state index in [1.165, 1.54) is 0 Å². The van der Waals surface area contributed by atoms with Crippen LogP contribution >= 0.6 is 0 Å². The molecule has 0 unspecified atom stereocenters. The van der Waals surface area contributed by atoms with E-state index >= 15 is 0 Å². The minimum atomic E-state index is 0. The van der Waals surface area contributed by atoms with Crippen molar-refractivity contribution in [3.05, 3.63) is 116 Å². The first kappa shape index (κ1) is 30.9. The van der Waals surface area contributed by atoms with Gasteiger partial charge in [0.15, 0.2) is 0 Å². The number of rotatable bonds is 10. The smallest absolute Gasteiger partial charge is 0.509 e. The standard InChI is InChI=1S/C37H30N4O4.Pt/c1-4-43-34-14-9-15-35(44-5-2)37(34)25-23-39-40(24-25)26-10-8-11-28(20-26)45-29-16-17-31-30-12-6-7-13-32(30)41(33(31)21-29)36-22-27(42-3)18-19-38-36;/h6-19,22-24H,4-5H2,1-3H3;/q-2;+2. The molecule has 0 bridgehead atoms. The first-order valence-electron chi connectivity index (χ1n) is 14.8. The molecule has 3 heterocycles. The van der Waals surface area contributed by atoms with Crippen molar-refractivity contribution >= 4 is 21.8 Å². The Labute approximate surface area is 281 Å². The van der Waals surface area contributed by atoms with Crippen LogP contribution in [0.1, 0.15) is 13.8 Å². The van der Waals surface area contributed by atoms with Crippen molar-refractivity contribution in [3.63, 3.8) is 0 Å². The first-order valence-corrected chi connectivity index (χ1v) is 14.8. The molecule has 7 aromatic rings. The van der Waals surface area contributed by atoms with Crippen LogP contribution in [0.5, 0.6) is 28.7 Å². The fourth-order valence-corrected chi connectivity index (χ4v) is 5.50. The van der Waals surface area contributed by atoms with Crippen LogP contribution in [0.25, 0.3) is 44.4 Å². The Bertz CT molecular complexity index is 2110. The number of methoxy groups -OCH3 is 1. The molecule has 4 aromatic carbocycles. The molecule has 0 saturated heterocycles. The Hall–Kier alpha value is -5.07. The molecule has 0 spiro atoms. The van der Waals surface area contributed by atoms with E-state index in [0.29, 0.717) is 24.7 Å². The second-order valence-electron chi connectivity index (χ2n) is 10.2. The monoisotopic (exact) mass is 789 g/mol. The number of pyridine rings is 1. The summed E-state index contributed by atoms with van der Waals surface area (Å²) in [6.07, 6.45) is 5.48. The van der Waals surface area contributed by atoms with Crippen LogP contribution in [0.3, 0.4) is 0 Å². The Morgan fingerprint density at radius 2 is 1.54 bits per heavy atom. The largest absolute Gasteiger partial charge is 2.00 e. The van der Waals surface area contributed by atoms with Gasteiger partial charge in [-0.2, -0.15) is 17.2 Å². The van der Waals surface area contributed by atoms with Gasteiger partial charge in [0.2, 0.25) is 0 Å². The number of nitrogens with zero attached hydrogens (tertiary/aromatic N) is 4. The van der Waals surface area contributed by atoms with Gasteiger partial charge in [-0.1, -0.05) is 29.8 Å². The summed E-state index contributed by atoms with van der Waals surface area (Å²) in [5, 5.41) is 6.77. The van der Waals surface area contributed by atoms with E-state index in [2.05, 4.69) is 45.0 Å². The van der Waals surface area contributed by atoms with Gasteiger partial charge in [0.25, 0.3) is 0 Å². The second kappa shape index (κ2) is 13.5. The summed E-state index contributed by atoms with van der Waals surface area (Å²) >= 11 is 0. The van der Waals surface area contributed by atoms with E-state index in [1.807, 2.05) is 86.8 Å². The van der Waals surface area contributed by atoms with Crippen LogP contribution in [0.15, 0.2) is 104 Å². The molecular weight excluding hydrogens is 760 g/mol. The number of para-hydroxylation sites is 1. The van der Waals surface area contributed by atoms with E-state index in [1.54, 1.807) is 24.2 Å². The van der Waals surface area contributed by atoms with Crippen LogP contribution in [-0.4, -0.2) is 39.7 Å². The molecule has 0 aliphatic rings. The van der Waals surface area contributed by atoms with Crippen molar-refractivity contribution in [2.45, 2.75) is 13.8 Å². The zero-order valence-electron chi connectivity index (χ0n) is 25.5. The number of hydrogen-bond donors (Lipinski definition) is 0. The van der Waals surface area contributed by atoms with Crippen LogP contribution < -0.4 is 18.9 Å². The molecule has 0 radical (unpaired) electrons. The molecule has 0 fully saturated rings. The molecule has 8 nitrogen and oxygen atoms in total. The summed E-state index contributed by atoms with van der Waals surface area (Å²) in [4.78, 5) is 4.63. The third-order valence-corrected chi connectivity index (χ3v) is 7.42. The topological polar surface area (TPSA) is 72.6 Å². The molecule has 0 N–H and O–H groups in total. The summed E-state index contributed by atoms with van der Waals surface area (Å²) in [7, 11) is 1.65. The summed E-state index contributed by atoms with van der Waals surface area (Å²) in [6, 6.07) is 34.3. The van der Waals surface area contributed by atoms with Gasteiger partial charge in [-0.25, -0.2) is 4.98 Å². The minimum absolute atomic E-state index is 0. The molecule has 0 saturated carbocycles. The van der Waals surface area contributed by atoms with Crippen molar-refractivity contribution in [2.75, 3.05) is 20.3 Å². The van der Waals surface area contributed by atoms with Crippen LogP contribution in [0.2, 0.25) is 0 Å². The summed E-state index contributed by atoms with van der Waals surface area (Å²) in [5.41, 5.74) is 4.33. The van der Waals surface area contributed by atoms with Gasteiger partial charge in [0.1, 0.15) is 23.1 Å². The maximum atomic E-state index is 6.32. The number of fused-ring (bicyclic) bond motifs is 3. The van der Waals surface area contributed by atoms with Crippen LogP contribution in [0, 0.1) is 12.1 Å². The van der Waals surface area contributed by atoms with Gasteiger partial charge >= 0.3 is 21.1 Å². The average molecular weight is 790 g/mol. The van der Waals surface area contributed by atoms with Crippen molar-refractivity contribution < 1.29 is 40.0 Å². The molecule has 9 heteroatoms. The number of hydrogen-bond acceptors (Lipinski definition) is 6. The molecule has 232 valence electrons. The van der Waals surface area contributed by atoms with Crippen molar-refractivity contribution in [1.29, 1.82) is 0 Å². The Balaban J connectivity index is 0.00000372. The van der Waals surface area contributed by atoms with E-state index in [4.69, 9.17) is 18.9 Å². The van der Waals surface area contributed by atoms with Crippen molar-refractivity contribution in [2.24, 2.45) is 0 Å². The normalized spacial score (nSPS) is 10.9. The molecule has 3 aromatic heterocycles. The van der Waals surface area contributed by atoms with Gasteiger partial charge in [0, 0.05) is 41.0 Å². The third-order valence-electron chi connectivity index (χ3n) is 7.42. The summed E-state index contributed by atoms with van der Waals surface area (Å²) < 4.78 is 27.5.